The second kappa shape index (κ2) is 6.58. The van der Waals surface area contributed by atoms with Crippen LogP contribution in [0.15, 0.2) is 48.5 Å². The molecule has 0 saturated heterocycles. The van der Waals surface area contributed by atoms with Crippen molar-refractivity contribution in [3.05, 3.63) is 65.5 Å². The third-order valence-electron chi connectivity index (χ3n) is 3.58. The van der Waals surface area contributed by atoms with Crippen molar-refractivity contribution in [2.45, 2.75) is 25.1 Å². The maximum absolute atomic E-state index is 13.4. The van der Waals surface area contributed by atoms with Crippen LogP contribution in [-0.4, -0.2) is 6.54 Å². The van der Waals surface area contributed by atoms with Crippen molar-refractivity contribution < 1.29 is 22.3 Å². The van der Waals surface area contributed by atoms with E-state index in [0.717, 1.165) is 12.1 Å². The molecule has 0 saturated carbocycles. The van der Waals surface area contributed by atoms with Gasteiger partial charge in [0.2, 0.25) is 0 Å². The molecule has 2 N–H and O–H groups in total. The standard InChI is InChI=1S/C17H17F4NO/c1-16(9-10-22,13-3-2-4-14(18)11-13)23-15-7-5-12(6-8-15)17(19,20)21/h2-8,11H,9-10,22H2,1H3/t16-/m0/s1. The van der Waals surface area contributed by atoms with Gasteiger partial charge in [-0.25, -0.2) is 4.39 Å². The van der Waals surface area contributed by atoms with Crippen molar-refractivity contribution in [1.29, 1.82) is 0 Å². The lowest BCUT2D eigenvalue weighted by molar-refractivity contribution is -0.137. The third kappa shape index (κ3) is 4.22. The Morgan fingerprint density at radius 3 is 2.17 bits per heavy atom. The van der Waals surface area contributed by atoms with Gasteiger partial charge in [0.15, 0.2) is 0 Å². The smallest absolute Gasteiger partial charge is 0.416 e. The number of nitrogens with two attached hydrogens (primary N) is 1. The van der Waals surface area contributed by atoms with Crippen LogP contribution in [0.4, 0.5) is 17.6 Å². The number of rotatable bonds is 5. The Bertz CT molecular complexity index is 654. The molecule has 23 heavy (non-hydrogen) atoms. The van der Waals surface area contributed by atoms with Crippen molar-refractivity contribution in [2.75, 3.05) is 6.54 Å². The van der Waals surface area contributed by atoms with Crippen LogP contribution in [0, 0.1) is 5.82 Å². The number of hydrogen-bond acceptors (Lipinski definition) is 2. The maximum atomic E-state index is 13.4. The minimum absolute atomic E-state index is 0.262. The summed E-state index contributed by atoms with van der Waals surface area (Å²) < 4.78 is 57.1. The summed E-state index contributed by atoms with van der Waals surface area (Å²) in [6, 6.07) is 10.3. The number of benzene rings is 2. The average Bonchev–Trinajstić information content (AvgIpc) is 2.47. The van der Waals surface area contributed by atoms with E-state index in [9.17, 15) is 17.6 Å². The molecule has 2 aromatic rings. The van der Waals surface area contributed by atoms with Crippen LogP contribution in [0.2, 0.25) is 0 Å². The Kier molecular flexibility index (Phi) is 4.94. The molecule has 0 aromatic heterocycles. The number of hydrogen-bond donors (Lipinski definition) is 1. The number of halogens is 4. The molecule has 0 bridgehead atoms. The number of alkyl halides is 3. The summed E-state index contributed by atoms with van der Waals surface area (Å²) in [6.07, 6.45) is -4.01. The van der Waals surface area contributed by atoms with Gasteiger partial charge in [0.1, 0.15) is 17.2 Å². The first kappa shape index (κ1) is 17.3. The predicted molar refractivity (Wildman–Crippen MR) is 79.5 cm³/mol. The van der Waals surface area contributed by atoms with Crippen LogP contribution < -0.4 is 10.5 Å². The predicted octanol–water partition coefficient (Wildman–Crippen LogP) is 4.49. The molecule has 0 spiro atoms. The van der Waals surface area contributed by atoms with E-state index in [0.29, 0.717) is 12.0 Å². The Hall–Kier alpha value is -2.08. The minimum Gasteiger partial charge on any atom is -0.483 e. The van der Waals surface area contributed by atoms with Crippen LogP contribution in [0.3, 0.4) is 0 Å². The summed E-state index contributed by atoms with van der Waals surface area (Å²) in [5.41, 5.74) is 4.49. The summed E-state index contributed by atoms with van der Waals surface area (Å²) in [6.45, 7) is 2.01. The molecule has 2 rings (SSSR count). The highest BCUT2D eigenvalue weighted by molar-refractivity contribution is 5.31. The molecule has 0 heterocycles. The van der Waals surface area contributed by atoms with Gasteiger partial charge in [-0.05, 0) is 55.4 Å². The lowest BCUT2D eigenvalue weighted by atomic mass is 9.92. The first-order valence-corrected chi connectivity index (χ1v) is 7.07. The Balaban J connectivity index is 2.29. The van der Waals surface area contributed by atoms with Crippen LogP contribution in [0.5, 0.6) is 5.75 Å². The van der Waals surface area contributed by atoms with Crippen molar-refractivity contribution >= 4 is 0 Å². The van der Waals surface area contributed by atoms with Crippen molar-refractivity contribution in [1.82, 2.24) is 0 Å². The molecule has 0 unspecified atom stereocenters. The Morgan fingerprint density at radius 1 is 1.00 bits per heavy atom. The Labute approximate surface area is 131 Å². The highest BCUT2D eigenvalue weighted by atomic mass is 19.4. The Morgan fingerprint density at radius 2 is 1.65 bits per heavy atom. The number of ether oxygens (including phenoxy) is 1. The van der Waals surface area contributed by atoms with Crippen molar-refractivity contribution in [3.8, 4) is 5.75 Å². The van der Waals surface area contributed by atoms with Crippen molar-refractivity contribution in [3.63, 3.8) is 0 Å². The first-order chi connectivity index (χ1) is 10.7. The molecule has 2 aromatic carbocycles. The van der Waals surface area contributed by atoms with Gasteiger partial charge in [-0.2, -0.15) is 13.2 Å². The quantitative estimate of drug-likeness (QED) is 0.821. The summed E-state index contributed by atoms with van der Waals surface area (Å²) in [5, 5.41) is 0. The fourth-order valence-electron chi connectivity index (χ4n) is 2.32. The monoisotopic (exact) mass is 327 g/mol. The van der Waals surface area contributed by atoms with E-state index in [1.807, 2.05) is 0 Å². The highest BCUT2D eigenvalue weighted by Gasteiger charge is 2.31. The molecule has 1 atom stereocenters. The molecular formula is C17H17F4NO. The van der Waals surface area contributed by atoms with Gasteiger partial charge < -0.3 is 10.5 Å². The topological polar surface area (TPSA) is 35.2 Å². The van der Waals surface area contributed by atoms with Gasteiger partial charge >= 0.3 is 6.18 Å². The second-order valence-corrected chi connectivity index (χ2v) is 5.40. The van der Waals surface area contributed by atoms with Crippen LogP contribution in [-0.2, 0) is 11.8 Å². The first-order valence-electron chi connectivity index (χ1n) is 7.07. The summed E-state index contributed by atoms with van der Waals surface area (Å²) in [5.74, 6) is -0.153. The molecule has 2 nitrogen and oxygen atoms in total. The molecule has 0 radical (unpaired) electrons. The summed E-state index contributed by atoms with van der Waals surface area (Å²) in [4.78, 5) is 0. The fraction of sp³-hybridized carbons (Fsp3) is 0.294. The SMILES string of the molecule is C[C@@](CCN)(Oc1ccc(C(F)(F)F)cc1)c1cccc(F)c1. The van der Waals surface area contributed by atoms with E-state index in [1.165, 1.54) is 24.3 Å². The van der Waals surface area contributed by atoms with E-state index in [4.69, 9.17) is 10.5 Å². The van der Waals surface area contributed by atoms with Crippen LogP contribution in [0.25, 0.3) is 0 Å². The summed E-state index contributed by atoms with van der Waals surface area (Å²) >= 11 is 0. The van der Waals surface area contributed by atoms with E-state index >= 15 is 0 Å². The highest BCUT2D eigenvalue weighted by Crippen LogP contribution is 2.34. The second-order valence-electron chi connectivity index (χ2n) is 5.40. The normalized spacial score (nSPS) is 14.3. The third-order valence-corrected chi connectivity index (χ3v) is 3.58. The molecule has 0 aliphatic heterocycles. The van der Waals surface area contributed by atoms with Gasteiger partial charge in [-0.15, -0.1) is 0 Å². The van der Waals surface area contributed by atoms with Crippen LogP contribution >= 0.6 is 0 Å². The van der Waals surface area contributed by atoms with Crippen molar-refractivity contribution in [2.24, 2.45) is 5.73 Å². The minimum atomic E-state index is -4.40. The molecule has 0 aliphatic rings. The zero-order valence-corrected chi connectivity index (χ0v) is 12.5. The van der Waals surface area contributed by atoms with E-state index < -0.39 is 23.2 Å². The van der Waals surface area contributed by atoms with E-state index in [2.05, 4.69) is 0 Å². The molecule has 0 fully saturated rings. The van der Waals surface area contributed by atoms with Gasteiger partial charge in [0, 0.05) is 6.42 Å². The molecule has 0 amide bonds. The molecule has 6 heteroatoms. The maximum Gasteiger partial charge on any atom is 0.416 e. The molecule has 0 aliphatic carbocycles. The lowest BCUT2D eigenvalue weighted by Crippen LogP contribution is -2.32. The molecular weight excluding hydrogens is 310 g/mol. The van der Waals surface area contributed by atoms with E-state index in [-0.39, 0.29) is 12.3 Å². The zero-order valence-electron chi connectivity index (χ0n) is 12.5. The lowest BCUT2D eigenvalue weighted by Gasteiger charge is -2.31. The average molecular weight is 327 g/mol. The largest absolute Gasteiger partial charge is 0.483 e. The summed E-state index contributed by atoms with van der Waals surface area (Å²) in [7, 11) is 0. The molecule has 124 valence electrons. The van der Waals surface area contributed by atoms with Gasteiger partial charge in [-0.3, -0.25) is 0 Å². The van der Waals surface area contributed by atoms with E-state index in [1.54, 1.807) is 19.1 Å². The van der Waals surface area contributed by atoms with Gasteiger partial charge in [0.25, 0.3) is 0 Å². The van der Waals surface area contributed by atoms with Gasteiger partial charge in [0.05, 0.1) is 5.56 Å². The zero-order chi connectivity index (χ0) is 17.1. The fourth-order valence-corrected chi connectivity index (χ4v) is 2.32. The van der Waals surface area contributed by atoms with Gasteiger partial charge in [-0.1, -0.05) is 12.1 Å². The van der Waals surface area contributed by atoms with Crippen LogP contribution in [0.1, 0.15) is 24.5 Å².